The summed E-state index contributed by atoms with van der Waals surface area (Å²) in [6.45, 7) is 5.62. The second-order valence-electron chi connectivity index (χ2n) is 5.32. The van der Waals surface area contributed by atoms with Crippen molar-refractivity contribution in [2.75, 3.05) is 20.1 Å². The second-order valence-corrected chi connectivity index (χ2v) is 5.32. The van der Waals surface area contributed by atoms with Gasteiger partial charge in [-0.25, -0.2) is 0 Å². The van der Waals surface area contributed by atoms with Crippen molar-refractivity contribution in [2.24, 2.45) is 11.1 Å². The Bertz CT molecular complexity index is 390. The van der Waals surface area contributed by atoms with E-state index in [4.69, 9.17) is 5.73 Å². The van der Waals surface area contributed by atoms with Crippen LogP contribution in [0, 0.1) is 5.41 Å². The number of rotatable bonds is 5. The maximum absolute atomic E-state index is 12.4. The van der Waals surface area contributed by atoms with Crippen molar-refractivity contribution in [3.63, 3.8) is 0 Å². The van der Waals surface area contributed by atoms with Crippen LogP contribution in [-0.2, 0) is 12.7 Å². The third kappa shape index (κ3) is 5.80. The number of nitrogens with two attached hydrogens (primary N) is 1. The maximum atomic E-state index is 12.4. The van der Waals surface area contributed by atoms with Gasteiger partial charge < -0.3 is 5.73 Å². The molecule has 0 amide bonds. The molecule has 1 aromatic heterocycles. The fraction of sp³-hybridized carbons (Fsp3) is 0.727. The molecule has 0 aliphatic carbocycles. The van der Waals surface area contributed by atoms with Crippen LogP contribution in [0.4, 0.5) is 13.2 Å². The van der Waals surface area contributed by atoms with Gasteiger partial charge in [-0.3, -0.25) is 10.00 Å². The van der Waals surface area contributed by atoms with E-state index in [2.05, 4.69) is 10.2 Å². The highest BCUT2D eigenvalue weighted by atomic mass is 35.5. The number of halogens is 4. The molecule has 1 aromatic rings. The summed E-state index contributed by atoms with van der Waals surface area (Å²) < 4.78 is 37.1. The van der Waals surface area contributed by atoms with E-state index in [1.165, 1.54) is 0 Å². The van der Waals surface area contributed by atoms with E-state index >= 15 is 0 Å². The Labute approximate surface area is 116 Å². The Hall–Kier alpha value is -0.790. The summed E-state index contributed by atoms with van der Waals surface area (Å²) >= 11 is 0. The van der Waals surface area contributed by atoms with E-state index < -0.39 is 11.9 Å². The van der Waals surface area contributed by atoms with Crippen molar-refractivity contribution < 1.29 is 13.2 Å². The van der Waals surface area contributed by atoms with Crippen LogP contribution in [0.2, 0.25) is 0 Å². The van der Waals surface area contributed by atoms with Crippen LogP contribution in [0.5, 0.6) is 0 Å². The molecule has 1 rings (SSSR count). The number of nitrogens with zero attached hydrogens (tertiary/aromatic N) is 2. The summed E-state index contributed by atoms with van der Waals surface area (Å²) in [6, 6.07) is 1.03. The second kappa shape index (κ2) is 6.58. The fourth-order valence-electron chi connectivity index (χ4n) is 1.73. The lowest BCUT2D eigenvalue weighted by atomic mass is 9.93. The lowest BCUT2D eigenvalue weighted by Gasteiger charge is -2.28. The molecule has 112 valence electrons. The summed E-state index contributed by atoms with van der Waals surface area (Å²) in [6.07, 6.45) is -4.40. The first-order valence-electron chi connectivity index (χ1n) is 5.64. The van der Waals surface area contributed by atoms with Crippen molar-refractivity contribution in [3.05, 3.63) is 17.5 Å². The zero-order valence-electron chi connectivity index (χ0n) is 11.2. The van der Waals surface area contributed by atoms with E-state index in [0.29, 0.717) is 25.3 Å². The quantitative estimate of drug-likeness (QED) is 0.877. The first-order valence-corrected chi connectivity index (χ1v) is 5.64. The van der Waals surface area contributed by atoms with Gasteiger partial charge in [0.15, 0.2) is 5.69 Å². The van der Waals surface area contributed by atoms with Gasteiger partial charge in [0.2, 0.25) is 0 Å². The van der Waals surface area contributed by atoms with Crippen molar-refractivity contribution in [1.29, 1.82) is 0 Å². The highest BCUT2D eigenvalue weighted by molar-refractivity contribution is 5.85. The van der Waals surface area contributed by atoms with Gasteiger partial charge in [0.25, 0.3) is 0 Å². The highest BCUT2D eigenvalue weighted by Crippen LogP contribution is 2.28. The van der Waals surface area contributed by atoms with E-state index in [1.807, 2.05) is 25.8 Å². The standard InChI is InChI=1S/C11H19F3N4.ClH/c1-10(2,6-15)7-18(3)5-8-4-9(17-16-8)11(12,13)14;/h4H,5-7,15H2,1-3H3,(H,16,17);1H. The summed E-state index contributed by atoms with van der Waals surface area (Å²) in [4.78, 5) is 1.92. The smallest absolute Gasteiger partial charge is 0.330 e. The van der Waals surface area contributed by atoms with Crippen molar-refractivity contribution >= 4 is 12.4 Å². The van der Waals surface area contributed by atoms with Crippen LogP contribution in [-0.4, -0.2) is 35.2 Å². The monoisotopic (exact) mass is 300 g/mol. The molecular formula is C11H20ClF3N4. The zero-order valence-corrected chi connectivity index (χ0v) is 12.0. The van der Waals surface area contributed by atoms with Gasteiger partial charge in [0.1, 0.15) is 0 Å². The van der Waals surface area contributed by atoms with E-state index in [1.54, 1.807) is 0 Å². The number of aromatic amines is 1. The maximum Gasteiger partial charge on any atom is 0.435 e. The molecule has 0 aliphatic rings. The first kappa shape index (κ1) is 18.2. The van der Waals surface area contributed by atoms with Crippen LogP contribution >= 0.6 is 12.4 Å². The molecule has 0 aliphatic heterocycles. The number of nitrogens with one attached hydrogen (secondary N) is 1. The third-order valence-electron chi connectivity index (χ3n) is 2.61. The van der Waals surface area contributed by atoms with Crippen LogP contribution < -0.4 is 5.73 Å². The van der Waals surface area contributed by atoms with E-state index in [0.717, 1.165) is 6.07 Å². The topological polar surface area (TPSA) is 57.9 Å². The average Bonchev–Trinajstić information content (AvgIpc) is 2.64. The van der Waals surface area contributed by atoms with Crippen LogP contribution in [0.25, 0.3) is 0 Å². The molecule has 0 unspecified atom stereocenters. The summed E-state index contributed by atoms with van der Waals surface area (Å²) in [5.74, 6) is 0. The van der Waals surface area contributed by atoms with Crippen LogP contribution in [0.1, 0.15) is 25.2 Å². The Morgan fingerprint density at radius 2 is 1.95 bits per heavy atom. The van der Waals surface area contributed by atoms with Crippen LogP contribution in [0.3, 0.4) is 0 Å². The largest absolute Gasteiger partial charge is 0.435 e. The molecule has 0 spiro atoms. The molecule has 4 nitrogen and oxygen atoms in total. The van der Waals surface area contributed by atoms with Crippen molar-refractivity contribution in [2.45, 2.75) is 26.6 Å². The molecule has 3 N–H and O–H groups in total. The molecular weight excluding hydrogens is 281 g/mol. The van der Waals surface area contributed by atoms with E-state index in [-0.39, 0.29) is 17.8 Å². The molecule has 8 heteroatoms. The van der Waals surface area contributed by atoms with Gasteiger partial charge in [0, 0.05) is 18.8 Å². The molecule has 0 saturated heterocycles. The van der Waals surface area contributed by atoms with Gasteiger partial charge in [-0.2, -0.15) is 18.3 Å². The average molecular weight is 301 g/mol. The lowest BCUT2D eigenvalue weighted by molar-refractivity contribution is -0.141. The number of alkyl halides is 3. The van der Waals surface area contributed by atoms with Gasteiger partial charge in [-0.05, 0) is 25.1 Å². The Morgan fingerprint density at radius 3 is 2.37 bits per heavy atom. The van der Waals surface area contributed by atoms with Gasteiger partial charge in [-0.1, -0.05) is 13.8 Å². The predicted molar refractivity (Wildman–Crippen MR) is 70.0 cm³/mol. The number of aromatic nitrogens is 2. The van der Waals surface area contributed by atoms with Gasteiger partial charge >= 0.3 is 6.18 Å². The minimum atomic E-state index is -4.40. The summed E-state index contributed by atoms with van der Waals surface area (Å²) in [7, 11) is 1.84. The minimum Gasteiger partial charge on any atom is -0.330 e. The van der Waals surface area contributed by atoms with Crippen LogP contribution in [0.15, 0.2) is 6.07 Å². The molecule has 0 bridgehead atoms. The molecule has 0 fully saturated rings. The Balaban J connectivity index is 0.00000324. The van der Waals surface area contributed by atoms with Gasteiger partial charge in [-0.15, -0.1) is 12.4 Å². The predicted octanol–water partition coefficient (Wildman–Crippen LogP) is 2.27. The van der Waals surface area contributed by atoms with E-state index in [9.17, 15) is 13.2 Å². The number of hydrogen-bond donors (Lipinski definition) is 2. The molecule has 0 aromatic carbocycles. The summed E-state index contributed by atoms with van der Waals surface area (Å²) in [5, 5.41) is 5.66. The highest BCUT2D eigenvalue weighted by Gasteiger charge is 2.33. The van der Waals surface area contributed by atoms with Crippen molar-refractivity contribution in [1.82, 2.24) is 15.1 Å². The number of hydrogen-bond acceptors (Lipinski definition) is 3. The molecule has 1 heterocycles. The molecule has 19 heavy (non-hydrogen) atoms. The third-order valence-corrected chi connectivity index (χ3v) is 2.61. The molecule has 0 saturated carbocycles. The molecule has 0 atom stereocenters. The fourth-order valence-corrected chi connectivity index (χ4v) is 1.73. The SMILES string of the molecule is CN(Cc1cc(C(F)(F)F)n[nH]1)CC(C)(C)CN.Cl. The Morgan fingerprint density at radius 1 is 1.37 bits per heavy atom. The molecule has 0 radical (unpaired) electrons. The van der Waals surface area contributed by atoms with Gasteiger partial charge in [0.05, 0.1) is 0 Å². The lowest BCUT2D eigenvalue weighted by Crippen LogP contribution is -2.36. The summed E-state index contributed by atoms with van der Waals surface area (Å²) in [5.41, 5.74) is 5.10. The van der Waals surface area contributed by atoms with Crippen molar-refractivity contribution in [3.8, 4) is 0 Å². The zero-order chi connectivity index (χ0) is 14.0. The normalized spacial score (nSPS) is 12.6. The first-order chi connectivity index (χ1) is 8.14. The Kier molecular flexibility index (Phi) is 6.31. The minimum absolute atomic E-state index is 0. The number of H-pyrrole nitrogens is 1.